The number of aromatic nitrogens is 1. The molecule has 3 aromatic carbocycles. The van der Waals surface area contributed by atoms with E-state index in [2.05, 4.69) is 30.9 Å². The maximum Gasteiger partial charge on any atom is 0.263 e. The highest BCUT2D eigenvalue weighted by molar-refractivity contribution is 7.22. The van der Waals surface area contributed by atoms with Gasteiger partial charge in [-0.3, -0.25) is 9.69 Å². The summed E-state index contributed by atoms with van der Waals surface area (Å²) in [6, 6.07) is 16.2. The molecule has 0 spiro atoms. The molecular formula is C26H29N3O2S. The molecule has 32 heavy (non-hydrogen) atoms. The molecular weight excluding hydrogens is 418 g/mol. The van der Waals surface area contributed by atoms with Gasteiger partial charge in [-0.15, -0.1) is 0 Å². The molecule has 0 saturated carbocycles. The number of nitrogens with zero attached hydrogens (tertiary/aromatic N) is 3. The molecule has 0 bridgehead atoms. The second-order valence-corrected chi connectivity index (χ2v) is 9.45. The van der Waals surface area contributed by atoms with Crippen LogP contribution in [0.3, 0.4) is 0 Å². The van der Waals surface area contributed by atoms with Crippen molar-refractivity contribution in [2.45, 2.75) is 20.3 Å². The van der Waals surface area contributed by atoms with Crippen molar-refractivity contribution in [2.75, 3.05) is 39.2 Å². The van der Waals surface area contributed by atoms with Gasteiger partial charge in [0.05, 0.1) is 22.9 Å². The second kappa shape index (κ2) is 9.27. The first-order valence-electron chi connectivity index (χ1n) is 10.8. The summed E-state index contributed by atoms with van der Waals surface area (Å²) in [5, 5.41) is 2.79. The average molecular weight is 448 g/mol. The minimum Gasteiger partial charge on any atom is -0.496 e. The molecule has 6 heteroatoms. The minimum atomic E-state index is -0.0835. The summed E-state index contributed by atoms with van der Waals surface area (Å²) >= 11 is 1.57. The number of benzene rings is 3. The van der Waals surface area contributed by atoms with E-state index in [4.69, 9.17) is 9.72 Å². The van der Waals surface area contributed by atoms with Crippen molar-refractivity contribution in [3.05, 3.63) is 65.2 Å². The van der Waals surface area contributed by atoms with Crippen molar-refractivity contribution in [2.24, 2.45) is 0 Å². The van der Waals surface area contributed by atoms with Gasteiger partial charge in [-0.05, 0) is 81.0 Å². The molecule has 1 amide bonds. The Balaban J connectivity index is 1.79. The van der Waals surface area contributed by atoms with E-state index >= 15 is 0 Å². The molecule has 1 heterocycles. The van der Waals surface area contributed by atoms with Crippen LogP contribution in [-0.4, -0.2) is 50.1 Å². The van der Waals surface area contributed by atoms with E-state index in [-0.39, 0.29) is 5.91 Å². The SMILES string of the molecule is COc1cc2ccccc2cc1C(=O)N(CCCN(C)C)c1nc2c(C)cc(C)cc2s1. The van der Waals surface area contributed by atoms with Crippen LogP contribution in [0.2, 0.25) is 0 Å². The molecule has 4 rings (SSSR count). The van der Waals surface area contributed by atoms with Crippen molar-refractivity contribution < 1.29 is 9.53 Å². The number of carbonyl (C=O) groups is 1. The fourth-order valence-electron chi connectivity index (χ4n) is 4.00. The summed E-state index contributed by atoms with van der Waals surface area (Å²) in [5.41, 5.74) is 3.85. The van der Waals surface area contributed by atoms with Gasteiger partial charge in [0, 0.05) is 6.54 Å². The van der Waals surface area contributed by atoms with Gasteiger partial charge in [0.25, 0.3) is 5.91 Å². The summed E-state index contributed by atoms with van der Waals surface area (Å²) in [7, 11) is 5.70. The molecule has 166 valence electrons. The van der Waals surface area contributed by atoms with E-state index in [1.807, 2.05) is 55.4 Å². The fourth-order valence-corrected chi connectivity index (χ4v) is 5.17. The lowest BCUT2D eigenvalue weighted by Crippen LogP contribution is -2.33. The van der Waals surface area contributed by atoms with Gasteiger partial charge in [0.2, 0.25) is 0 Å². The second-order valence-electron chi connectivity index (χ2n) is 8.44. The largest absolute Gasteiger partial charge is 0.496 e. The molecule has 0 atom stereocenters. The Bertz CT molecular complexity index is 1280. The number of carbonyl (C=O) groups excluding carboxylic acids is 1. The number of aryl methyl sites for hydroxylation is 2. The molecule has 0 fully saturated rings. The predicted molar refractivity (Wildman–Crippen MR) is 134 cm³/mol. The Hall–Kier alpha value is -2.96. The van der Waals surface area contributed by atoms with Crippen LogP contribution >= 0.6 is 11.3 Å². The third-order valence-corrected chi connectivity index (χ3v) is 6.61. The molecule has 0 N–H and O–H groups in total. The van der Waals surface area contributed by atoms with Gasteiger partial charge >= 0.3 is 0 Å². The molecule has 0 unspecified atom stereocenters. The van der Waals surface area contributed by atoms with Gasteiger partial charge in [-0.1, -0.05) is 41.7 Å². The molecule has 4 aromatic rings. The van der Waals surface area contributed by atoms with E-state index in [1.165, 1.54) is 5.56 Å². The first-order chi connectivity index (χ1) is 15.4. The molecule has 0 aliphatic heterocycles. The minimum absolute atomic E-state index is 0.0835. The van der Waals surface area contributed by atoms with E-state index < -0.39 is 0 Å². The van der Waals surface area contributed by atoms with E-state index in [9.17, 15) is 4.79 Å². The molecule has 0 saturated heterocycles. The van der Waals surface area contributed by atoms with Crippen molar-refractivity contribution >= 4 is 43.4 Å². The summed E-state index contributed by atoms with van der Waals surface area (Å²) in [6.45, 7) is 5.64. The number of hydrogen-bond acceptors (Lipinski definition) is 5. The fraction of sp³-hybridized carbons (Fsp3) is 0.308. The Morgan fingerprint density at radius 2 is 1.75 bits per heavy atom. The van der Waals surface area contributed by atoms with E-state index in [0.29, 0.717) is 17.9 Å². The third kappa shape index (κ3) is 4.47. The van der Waals surface area contributed by atoms with Gasteiger partial charge in [0.1, 0.15) is 5.75 Å². The van der Waals surface area contributed by atoms with Gasteiger partial charge in [0.15, 0.2) is 5.13 Å². The monoisotopic (exact) mass is 447 g/mol. The van der Waals surface area contributed by atoms with Crippen LogP contribution in [0.4, 0.5) is 5.13 Å². The first-order valence-corrected chi connectivity index (χ1v) is 11.6. The number of thiazole rings is 1. The Morgan fingerprint density at radius 1 is 1.03 bits per heavy atom. The van der Waals surface area contributed by atoms with Gasteiger partial charge in [-0.25, -0.2) is 4.98 Å². The van der Waals surface area contributed by atoms with E-state index in [0.717, 1.165) is 44.6 Å². The lowest BCUT2D eigenvalue weighted by atomic mass is 10.0. The topological polar surface area (TPSA) is 45.7 Å². The normalized spacial score (nSPS) is 11.4. The molecule has 0 aliphatic rings. The maximum atomic E-state index is 13.9. The Morgan fingerprint density at radius 3 is 2.44 bits per heavy atom. The number of hydrogen-bond donors (Lipinski definition) is 0. The van der Waals surface area contributed by atoms with Crippen molar-refractivity contribution in [3.8, 4) is 5.75 Å². The zero-order chi connectivity index (χ0) is 22.8. The molecule has 0 radical (unpaired) electrons. The summed E-state index contributed by atoms with van der Waals surface area (Å²) < 4.78 is 6.73. The Kier molecular flexibility index (Phi) is 6.44. The number of anilines is 1. The lowest BCUT2D eigenvalue weighted by molar-refractivity contribution is 0.0983. The predicted octanol–water partition coefficient (Wildman–Crippen LogP) is 5.67. The summed E-state index contributed by atoms with van der Waals surface area (Å²) in [6.07, 6.45) is 0.850. The Labute approximate surface area is 193 Å². The van der Waals surface area contributed by atoms with Crippen LogP contribution in [-0.2, 0) is 0 Å². The summed E-state index contributed by atoms with van der Waals surface area (Å²) in [4.78, 5) is 22.7. The molecule has 5 nitrogen and oxygen atoms in total. The van der Waals surface area contributed by atoms with Crippen LogP contribution in [0.1, 0.15) is 27.9 Å². The highest BCUT2D eigenvalue weighted by atomic mass is 32.1. The average Bonchev–Trinajstić information content (AvgIpc) is 3.19. The van der Waals surface area contributed by atoms with Crippen LogP contribution < -0.4 is 9.64 Å². The van der Waals surface area contributed by atoms with E-state index in [1.54, 1.807) is 18.4 Å². The maximum absolute atomic E-state index is 13.9. The number of amides is 1. The molecule has 1 aromatic heterocycles. The van der Waals surface area contributed by atoms with Gasteiger partial charge in [-0.2, -0.15) is 0 Å². The number of rotatable bonds is 7. The van der Waals surface area contributed by atoms with Crippen LogP contribution in [0.25, 0.3) is 21.0 Å². The van der Waals surface area contributed by atoms with Crippen molar-refractivity contribution in [3.63, 3.8) is 0 Å². The molecule has 0 aliphatic carbocycles. The zero-order valence-electron chi connectivity index (χ0n) is 19.3. The quantitative estimate of drug-likeness (QED) is 0.366. The number of fused-ring (bicyclic) bond motifs is 2. The first kappa shape index (κ1) is 22.2. The third-order valence-electron chi connectivity index (χ3n) is 5.58. The highest BCUT2D eigenvalue weighted by Gasteiger charge is 2.25. The van der Waals surface area contributed by atoms with Crippen molar-refractivity contribution in [1.29, 1.82) is 0 Å². The zero-order valence-corrected chi connectivity index (χ0v) is 20.1. The standard InChI is InChI=1S/C26H29N3O2S/c1-17-13-18(2)24-23(14-17)32-26(27-24)29(12-8-11-28(3)4)25(30)21-15-19-9-6-7-10-20(19)16-22(21)31-5/h6-7,9-10,13-16H,8,11-12H2,1-5H3. The number of ether oxygens (including phenoxy) is 1. The van der Waals surface area contributed by atoms with Crippen molar-refractivity contribution in [1.82, 2.24) is 9.88 Å². The van der Waals surface area contributed by atoms with Gasteiger partial charge < -0.3 is 9.64 Å². The van der Waals surface area contributed by atoms with Crippen LogP contribution in [0.15, 0.2) is 48.5 Å². The highest BCUT2D eigenvalue weighted by Crippen LogP contribution is 2.34. The van der Waals surface area contributed by atoms with Crippen LogP contribution in [0.5, 0.6) is 5.75 Å². The lowest BCUT2D eigenvalue weighted by Gasteiger charge is -2.22. The number of methoxy groups -OCH3 is 1. The smallest absolute Gasteiger partial charge is 0.263 e. The van der Waals surface area contributed by atoms with Crippen LogP contribution in [0, 0.1) is 13.8 Å². The summed E-state index contributed by atoms with van der Waals surface area (Å²) in [5.74, 6) is 0.499.